The monoisotopic (exact) mass is 463 g/mol. The number of ether oxygens (including phenoxy) is 2. The number of amides is 2. The molecular formula is C25H25N3O6. The van der Waals surface area contributed by atoms with Gasteiger partial charge in [-0.15, -0.1) is 0 Å². The Balaban J connectivity index is 1.66. The summed E-state index contributed by atoms with van der Waals surface area (Å²) in [5.41, 5.74) is 2.18. The molecule has 0 unspecified atom stereocenters. The minimum absolute atomic E-state index is 0.0641. The highest BCUT2D eigenvalue weighted by molar-refractivity contribution is 6.09. The number of para-hydroxylation sites is 1. The maximum absolute atomic E-state index is 12.8. The first kappa shape index (κ1) is 24.2. The topological polar surface area (TPSA) is 120 Å². The van der Waals surface area contributed by atoms with Crippen molar-refractivity contribution in [1.29, 1.82) is 0 Å². The molecule has 0 spiro atoms. The van der Waals surface area contributed by atoms with Gasteiger partial charge >= 0.3 is 0 Å². The van der Waals surface area contributed by atoms with Crippen LogP contribution in [0.25, 0.3) is 0 Å². The van der Waals surface area contributed by atoms with E-state index >= 15 is 0 Å². The van der Waals surface area contributed by atoms with Gasteiger partial charge in [-0.05, 0) is 55.3 Å². The first-order chi connectivity index (χ1) is 16.3. The van der Waals surface area contributed by atoms with Crippen molar-refractivity contribution in [3.8, 4) is 11.5 Å². The first-order valence-electron chi connectivity index (χ1n) is 10.5. The summed E-state index contributed by atoms with van der Waals surface area (Å²) in [5.74, 6) is 0.434. The molecule has 3 aromatic rings. The number of aryl methyl sites for hydroxylation is 1. The number of hydrogen-bond acceptors (Lipinski definition) is 6. The molecule has 0 aliphatic carbocycles. The van der Waals surface area contributed by atoms with Crippen molar-refractivity contribution in [2.24, 2.45) is 0 Å². The summed E-state index contributed by atoms with van der Waals surface area (Å²) in [6.45, 7) is 1.94. The summed E-state index contributed by atoms with van der Waals surface area (Å²) < 4.78 is 10.5. The van der Waals surface area contributed by atoms with E-state index in [9.17, 15) is 19.7 Å². The molecule has 2 amide bonds. The predicted molar refractivity (Wildman–Crippen MR) is 128 cm³/mol. The zero-order valence-corrected chi connectivity index (χ0v) is 19.1. The highest BCUT2D eigenvalue weighted by Crippen LogP contribution is 2.27. The molecule has 0 saturated carbocycles. The van der Waals surface area contributed by atoms with Crippen LogP contribution in [0.5, 0.6) is 11.5 Å². The zero-order valence-electron chi connectivity index (χ0n) is 19.1. The van der Waals surface area contributed by atoms with Crippen LogP contribution >= 0.6 is 0 Å². The molecule has 0 saturated heterocycles. The van der Waals surface area contributed by atoms with Crippen molar-refractivity contribution in [3.63, 3.8) is 0 Å². The van der Waals surface area contributed by atoms with Crippen LogP contribution in [0.15, 0.2) is 60.7 Å². The number of rotatable bonds is 9. The second-order valence-corrected chi connectivity index (χ2v) is 7.45. The predicted octanol–water partition coefficient (Wildman–Crippen LogP) is 4.15. The minimum Gasteiger partial charge on any atom is -0.493 e. The average Bonchev–Trinajstić information content (AvgIpc) is 2.83. The number of methoxy groups -OCH3 is 2. The van der Waals surface area contributed by atoms with Crippen molar-refractivity contribution in [1.82, 2.24) is 5.32 Å². The number of carbonyl (C=O) groups is 2. The highest BCUT2D eigenvalue weighted by atomic mass is 16.6. The second-order valence-electron chi connectivity index (χ2n) is 7.45. The molecular weight excluding hydrogens is 438 g/mol. The van der Waals surface area contributed by atoms with Crippen molar-refractivity contribution in [3.05, 3.63) is 93.0 Å². The lowest BCUT2D eigenvalue weighted by atomic mass is 10.1. The number of nitro benzene ring substituents is 1. The van der Waals surface area contributed by atoms with E-state index in [1.807, 2.05) is 12.1 Å². The van der Waals surface area contributed by atoms with Gasteiger partial charge in [0, 0.05) is 23.7 Å². The summed E-state index contributed by atoms with van der Waals surface area (Å²) in [7, 11) is 3.13. The molecule has 9 heteroatoms. The molecule has 2 N–H and O–H groups in total. The molecule has 0 fully saturated rings. The summed E-state index contributed by atoms with van der Waals surface area (Å²) >= 11 is 0. The van der Waals surface area contributed by atoms with Gasteiger partial charge in [0.15, 0.2) is 11.5 Å². The van der Waals surface area contributed by atoms with E-state index < -0.39 is 10.8 Å². The Bertz CT molecular complexity index is 1230. The first-order valence-corrected chi connectivity index (χ1v) is 10.5. The summed E-state index contributed by atoms with van der Waals surface area (Å²) in [5, 5.41) is 16.6. The van der Waals surface area contributed by atoms with E-state index in [2.05, 4.69) is 10.6 Å². The fourth-order valence-electron chi connectivity index (χ4n) is 3.44. The number of benzene rings is 3. The van der Waals surface area contributed by atoms with Gasteiger partial charge in [0.1, 0.15) is 0 Å². The number of carbonyl (C=O) groups excluding carboxylic acids is 2. The molecule has 0 aromatic heterocycles. The van der Waals surface area contributed by atoms with Crippen molar-refractivity contribution in [2.45, 2.75) is 13.3 Å². The van der Waals surface area contributed by atoms with E-state index in [-0.39, 0.29) is 17.2 Å². The Labute approximate surface area is 196 Å². The normalized spacial score (nSPS) is 10.3. The quantitative estimate of drug-likeness (QED) is 0.363. The summed E-state index contributed by atoms with van der Waals surface area (Å²) in [6.07, 6.45) is 0.572. The molecule has 0 radical (unpaired) electrons. The van der Waals surface area contributed by atoms with Gasteiger partial charge in [-0.1, -0.05) is 18.2 Å². The van der Waals surface area contributed by atoms with Crippen LogP contribution in [0.4, 0.5) is 11.4 Å². The van der Waals surface area contributed by atoms with Gasteiger partial charge in [0.25, 0.3) is 17.5 Å². The number of nitro groups is 1. The van der Waals surface area contributed by atoms with Crippen molar-refractivity contribution in [2.75, 3.05) is 26.1 Å². The smallest absolute Gasteiger partial charge is 0.272 e. The third-order valence-electron chi connectivity index (χ3n) is 5.22. The Morgan fingerprint density at radius 2 is 1.68 bits per heavy atom. The molecule has 3 aromatic carbocycles. The van der Waals surface area contributed by atoms with Crippen molar-refractivity contribution < 1.29 is 24.0 Å². The fourth-order valence-corrected chi connectivity index (χ4v) is 3.44. The molecule has 0 atom stereocenters. The van der Waals surface area contributed by atoms with Gasteiger partial charge < -0.3 is 20.1 Å². The van der Waals surface area contributed by atoms with Gasteiger partial charge in [-0.2, -0.15) is 0 Å². The molecule has 9 nitrogen and oxygen atoms in total. The van der Waals surface area contributed by atoms with Crippen LogP contribution in [0.1, 0.15) is 31.8 Å². The van der Waals surface area contributed by atoms with Crippen LogP contribution in [0.2, 0.25) is 0 Å². The molecule has 34 heavy (non-hydrogen) atoms. The minimum atomic E-state index is -0.501. The number of hydrogen-bond donors (Lipinski definition) is 2. The number of anilines is 1. The fraction of sp³-hybridized carbons (Fsp3) is 0.200. The third kappa shape index (κ3) is 5.69. The molecule has 176 valence electrons. The lowest BCUT2D eigenvalue weighted by molar-refractivity contribution is -0.385. The van der Waals surface area contributed by atoms with Crippen molar-refractivity contribution >= 4 is 23.2 Å². The van der Waals surface area contributed by atoms with Crippen LogP contribution in [-0.2, 0) is 6.42 Å². The standard InChI is InChI=1S/C25H25N3O6/c1-16-14-18(9-10-21(16)28(31)32)24(29)27-20-7-5-4-6-19(20)25(30)26-13-12-17-8-11-22(33-2)23(15-17)34-3/h4-11,14-15H,12-13H2,1-3H3,(H,26,30)(H,27,29). The SMILES string of the molecule is COc1ccc(CCNC(=O)c2ccccc2NC(=O)c2ccc([N+](=O)[O-])c(C)c2)cc1OC. The summed E-state index contributed by atoms with van der Waals surface area (Å²) in [4.78, 5) is 36.0. The van der Waals surface area contributed by atoms with Crippen LogP contribution in [-0.4, -0.2) is 37.5 Å². The van der Waals surface area contributed by atoms with Crippen LogP contribution in [0, 0.1) is 17.0 Å². The van der Waals surface area contributed by atoms with Crippen LogP contribution in [0.3, 0.4) is 0 Å². The lowest BCUT2D eigenvalue weighted by Gasteiger charge is -2.13. The molecule has 0 aliphatic rings. The Morgan fingerprint density at radius 1 is 0.941 bits per heavy atom. The number of nitrogens with zero attached hydrogens (tertiary/aromatic N) is 1. The van der Waals surface area contributed by atoms with Gasteiger partial charge in [-0.25, -0.2) is 0 Å². The molecule has 0 heterocycles. The summed E-state index contributed by atoms with van der Waals surface area (Å²) in [6, 6.07) is 16.3. The maximum Gasteiger partial charge on any atom is 0.272 e. The molecule has 3 rings (SSSR count). The lowest BCUT2D eigenvalue weighted by Crippen LogP contribution is -2.27. The maximum atomic E-state index is 12.8. The Morgan fingerprint density at radius 3 is 2.35 bits per heavy atom. The second kappa shape index (κ2) is 11.0. The van der Waals surface area contributed by atoms with Gasteiger partial charge in [0.2, 0.25) is 0 Å². The van der Waals surface area contributed by atoms with Gasteiger partial charge in [0.05, 0.1) is 30.4 Å². The molecule has 0 aliphatic heterocycles. The Kier molecular flexibility index (Phi) is 7.81. The zero-order chi connectivity index (χ0) is 24.7. The number of nitrogens with one attached hydrogen (secondary N) is 2. The van der Waals surface area contributed by atoms with Crippen LogP contribution < -0.4 is 20.1 Å². The average molecular weight is 463 g/mol. The van der Waals surface area contributed by atoms with E-state index in [0.29, 0.717) is 41.3 Å². The van der Waals surface area contributed by atoms with E-state index in [4.69, 9.17) is 9.47 Å². The van der Waals surface area contributed by atoms with E-state index in [0.717, 1.165) is 5.56 Å². The van der Waals surface area contributed by atoms with Gasteiger partial charge in [-0.3, -0.25) is 19.7 Å². The van der Waals surface area contributed by atoms with E-state index in [1.54, 1.807) is 51.5 Å². The molecule has 0 bridgehead atoms. The van der Waals surface area contributed by atoms with E-state index in [1.165, 1.54) is 18.2 Å². The largest absolute Gasteiger partial charge is 0.493 e. The third-order valence-corrected chi connectivity index (χ3v) is 5.22. The highest BCUT2D eigenvalue weighted by Gasteiger charge is 2.17. The Hall–Kier alpha value is -4.40.